The minimum atomic E-state index is 0.427. The Kier molecular flexibility index (Phi) is 5.68. The number of hydrogen-bond donors (Lipinski definition) is 1. The summed E-state index contributed by atoms with van der Waals surface area (Å²) in [5.74, 6) is 0.768. The van der Waals surface area contributed by atoms with Crippen molar-refractivity contribution in [2.75, 3.05) is 5.43 Å². The summed E-state index contributed by atoms with van der Waals surface area (Å²) in [6, 6.07) is 15.4. The fourth-order valence-corrected chi connectivity index (χ4v) is 3.10. The molecule has 1 N–H and O–H groups in total. The number of nitrogens with zero attached hydrogens (tertiary/aromatic N) is 2. The fourth-order valence-electron chi connectivity index (χ4n) is 2.14. The van der Waals surface area contributed by atoms with Gasteiger partial charge in [0.1, 0.15) is 12.4 Å². The number of ether oxygens (including phenoxy) is 1. The van der Waals surface area contributed by atoms with Gasteiger partial charge in [0.05, 0.1) is 11.9 Å². The molecule has 0 aliphatic rings. The second-order valence-electron chi connectivity index (χ2n) is 5.48. The molecule has 1 aromatic heterocycles. The maximum atomic E-state index is 6.15. The molecule has 4 nitrogen and oxygen atoms in total. The van der Waals surface area contributed by atoms with Crippen LogP contribution in [0.4, 0.5) is 5.13 Å². The Bertz CT molecular complexity index is 872. The monoisotopic (exact) mass is 371 g/mol. The van der Waals surface area contributed by atoms with Crippen LogP contribution in [0.1, 0.15) is 21.7 Å². The number of thiazole rings is 1. The van der Waals surface area contributed by atoms with Gasteiger partial charge in [0.25, 0.3) is 0 Å². The molecule has 6 heteroatoms. The molecule has 0 fully saturated rings. The van der Waals surface area contributed by atoms with Crippen LogP contribution in [0.5, 0.6) is 5.75 Å². The number of anilines is 1. The van der Waals surface area contributed by atoms with Crippen molar-refractivity contribution in [2.24, 2.45) is 5.10 Å². The van der Waals surface area contributed by atoms with E-state index >= 15 is 0 Å². The van der Waals surface area contributed by atoms with E-state index in [2.05, 4.69) is 15.5 Å². The summed E-state index contributed by atoms with van der Waals surface area (Å²) in [6.45, 7) is 4.46. The molecule has 0 unspecified atom stereocenters. The molecule has 0 atom stereocenters. The molecule has 3 aromatic rings. The number of benzene rings is 2. The number of rotatable bonds is 6. The first-order chi connectivity index (χ1) is 12.1. The van der Waals surface area contributed by atoms with Gasteiger partial charge >= 0.3 is 0 Å². The van der Waals surface area contributed by atoms with E-state index in [0.29, 0.717) is 11.6 Å². The summed E-state index contributed by atoms with van der Waals surface area (Å²) in [5, 5.41) is 5.73. The zero-order valence-corrected chi connectivity index (χ0v) is 15.6. The average molecular weight is 372 g/mol. The quantitative estimate of drug-likeness (QED) is 0.463. The maximum Gasteiger partial charge on any atom is 0.203 e. The summed E-state index contributed by atoms with van der Waals surface area (Å²) in [7, 11) is 0. The smallest absolute Gasteiger partial charge is 0.203 e. The van der Waals surface area contributed by atoms with Gasteiger partial charge in [0.15, 0.2) is 0 Å². The largest absolute Gasteiger partial charge is 0.489 e. The molecule has 0 aliphatic heterocycles. The number of halogens is 1. The number of hydrazone groups is 1. The predicted octanol–water partition coefficient (Wildman–Crippen LogP) is 5.44. The molecule has 0 radical (unpaired) electrons. The average Bonchev–Trinajstić information content (AvgIpc) is 2.92. The van der Waals surface area contributed by atoms with E-state index in [9.17, 15) is 0 Å². The summed E-state index contributed by atoms with van der Waals surface area (Å²) >= 11 is 7.73. The fraction of sp³-hybridized carbons (Fsp3) is 0.158. The first-order valence-corrected chi connectivity index (χ1v) is 9.00. The standard InChI is InChI=1S/C19H18ClN3OS/c1-13-14(2)25-19(22-13)23-21-11-15-6-5-8-17(10-15)24-12-16-7-3-4-9-18(16)20/h3-11H,12H2,1-2H3,(H,22,23)/b21-11-. The Hall–Kier alpha value is -2.37. The summed E-state index contributed by atoms with van der Waals surface area (Å²) in [4.78, 5) is 5.57. The number of nitrogens with one attached hydrogen (secondary N) is 1. The van der Waals surface area contributed by atoms with Crippen molar-refractivity contribution in [2.45, 2.75) is 20.5 Å². The van der Waals surface area contributed by atoms with Gasteiger partial charge in [-0.2, -0.15) is 5.10 Å². The lowest BCUT2D eigenvalue weighted by Gasteiger charge is -2.08. The van der Waals surface area contributed by atoms with Crippen LogP contribution in [0.15, 0.2) is 53.6 Å². The maximum absolute atomic E-state index is 6.15. The van der Waals surface area contributed by atoms with E-state index in [0.717, 1.165) is 27.7 Å². The molecule has 0 spiro atoms. The molecule has 25 heavy (non-hydrogen) atoms. The van der Waals surface area contributed by atoms with E-state index in [-0.39, 0.29) is 0 Å². The third-order valence-corrected chi connectivity index (χ3v) is 4.96. The molecule has 0 bridgehead atoms. The van der Waals surface area contributed by atoms with E-state index in [4.69, 9.17) is 16.3 Å². The number of aromatic nitrogens is 1. The van der Waals surface area contributed by atoms with Gasteiger partial charge < -0.3 is 4.74 Å². The lowest BCUT2D eigenvalue weighted by molar-refractivity contribution is 0.306. The Morgan fingerprint density at radius 1 is 1.20 bits per heavy atom. The molecule has 0 saturated heterocycles. The van der Waals surface area contributed by atoms with Gasteiger partial charge in [-0.05, 0) is 37.6 Å². The van der Waals surface area contributed by atoms with Crippen LogP contribution in [0.25, 0.3) is 0 Å². The van der Waals surface area contributed by atoms with E-state index in [1.54, 1.807) is 17.6 Å². The van der Waals surface area contributed by atoms with E-state index < -0.39 is 0 Å². The molecule has 3 rings (SSSR count). The molecule has 1 heterocycles. The van der Waals surface area contributed by atoms with Crippen molar-refractivity contribution in [3.8, 4) is 5.75 Å². The molecule has 2 aromatic carbocycles. The number of hydrogen-bond acceptors (Lipinski definition) is 5. The van der Waals surface area contributed by atoms with E-state index in [1.165, 1.54) is 4.88 Å². The third-order valence-electron chi connectivity index (χ3n) is 3.61. The lowest BCUT2D eigenvalue weighted by atomic mass is 10.2. The Morgan fingerprint density at radius 2 is 2.04 bits per heavy atom. The van der Waals surface area contributed by atoms with Gasteiger partial charge in [-0.25, -0.2) is 4.98 Å². The Labute approximate surface area is 156 Å². The first kappa shape index (κ1) is 17.5. The highest BCUT2D eigenvalue weighted by atomic mass is 35.5. The lowest BCUT2D eigenvalue weighted by Crippen LogP contribution is -1.97. The Balaban J connectivity index is 1.61. The van der Waals surface area contributed by atoms with Gasteiger partial charge in [-0.15, -0.1) is 11.3 Å². The van der Waals surface area contributed by atoms with Gasteiger partial charge in [0, 0.05) is 15.5 Å². The molecular formula is C19H18ClN3OS. The van der Waals surface area contributed by atoms with Gasteiger partial charge in [-0.1, -0.05) is 41.9 Å². The summed E-state index contributed by atoms with van der Waals surface area (Å²) < 4.78 is 5.82. The van der Waals surface area contributed by atoms with Crippen LogP contribution >= 0.6 is 22.9 Å². The van der Waals surface area contributed by atoms with Crippen LogP contribution < -0.4 is 10.2 Å². The summed E-state index contributed by atoms with van der Waals surface area (Å²) in [6.07, 6.45) is 1.74. The van der Waals surface area contributed by atoms with Crippen LogP contribution in [0, 0.1) is 13.8 Å². The first-order valence-electron chi connectivity index (χ1n) is 7.81. The zero-order chi connectivity index (χ0) is 17.6. The van der Waals surface area contributed by atoms with Crippen molar-refractivity contribution in [1.82, 2.24) is 4.98 Å². The highest BCUT2D eigenvalue weighted by Crippen LogP contribution is 2.21. The number of aryl methyl sites for hydroxylation is 2. The van der Waals surface area contributed by atoms with Crippen LogP contribution in [-0.4, -0.2) is 11.2 Å². The van der Waals surface area contributed by atoms with Gasteiger partial charge in [-0.3, -0.25) is 5.43 Å². The molecule has 128 valence electrons. The second-order valence-corrected chi connectivity index (χ2v) is 7.09. The molecular weight excluding hydrogens is 354 g/mol. The van der Waals surface area contributed by atoms with Crippen LogP contribution in [-0.2, 0) is 6.61 Å². The second kappa shape index (κ2) is 8.14. The molecule has 0 saturated carbocycles. The normalized spacial score (nSPS) is 11.0. The SMILES string of the molecule is Cc1nc(N/N=C\c2cccc(OCc3ccccc3Cl)c2)sc1C. The highest BCUT2D eigenvalue weighted by Gasteiger charge is 2.02. The van der Waals surface area contributed by atoms with E-state index in [1.807, 2.05) is 62.4 Å². The summed E-state index contributed by atoms with van der Waals surface area (Å²) in [5.41, 5.74) is 5.88. The third kappa shape index (κ3) is 4.81. The van der Waals surface area contributed by atoms with Crippen molar-refractivity contribution < 1.29 is 4.74 Å². The molecule has 0 amide bonds. The minimum absolute atomic E-state index is 0.427. The Morgan fingerprint density at radius 3 is 2.80 bits per heavy atom. The molecule has 0 aliphatic carbocycles. The van der Waals surface area contributed by atoms with Crippen molar-refractivity contribution in [3.05, 3.63) is 75.3 Å². The topological polar surface area (TPSA) is 46.5 Å². The van der Waals surface area contributed by atoms with Crippen molar-refractivity contribution in [1.29, 1.82) is 0 Å². The minimum Gasteiger partial charge on any atom is -0.489 e. The van der Waals surface area contributed by atoms with Crippen LogP contribution in [0.3, 0.4) is 0 Å². The van der Waals surface area contributed by atoms with Crippen molar-refractivity contribution in [3.63, 3.8) is 0 Å². The van der Waals surface area contributed by atoms with Crippen LogP contribution in [0.2, 0.25) is 5.02 Å². The van der Waals surface area contributed by atoms with Gasteiger partial charge in [0.2, 0.25) is 5.13 Å². The highest BCUT2D eigenvalue weighted by molar-refractivity contribution is 7.15. The predicted molar refractivity (Wildman–Crippen MR) is 105 cm³/mol. The van der Waals surface area contributed by atoms with Crippen molar-refractivity contribution >= 4 is 34.3 Å². The zero-order valence-electron chi connectivity index (χ0n) is 14.0.